The van der Waals surface area contributed by atoms with Gasteiger partial charge in [0, 0.05) is 6.07 Å². The second kappa shape index (κ2) is 8.47. The van der Waals surface area contributed by atoms with Crippen molar-refractivity contribution in [2.45, 2.75) is 9.96 Å². The van der Waals surface area contributed by atoms with E-state index in [4.69, 9.17) is 56.5 Å². The molecule has 1 unspecified atom stereocenters. The second-order valence-corrected chi connectivity index (χ2v) is 6.70. The molecule has 6 nitrogen and oxygen atoms in total. The van der Waals surface area contributed by atoms with Crippen LogP contribution in [-0.4, -0.2) is 35.7 Å². The van der Waals surface area contributed by atoms with Crippen molar-refractivity contribution in [3.05, 3.63) is 18.2 Å². The van der Waals surface area contributed by atoms with Crippen molar-refractivity contribution >= 4 is 64.2 Å². The third-order valence-electron chi connectivity index (χ3n) is 2.49. The summed E-state index contributed by atoms with van der Waals surface area (Å²) in [5, 5.41) is 8.00. The number of rotatable bonds is 6. The Balaban J connectivity index is 2.85. The van der Waals surface area contributed by atoms with Crippen molar-refractivity contribution in [1.82, 2.24) is 10.6 Å². The lowest BCUT2D eigenvalue weighted by atomic mass is 10.2. The zero-order valence-corrected chi connectivity index (χ0v) is 14.7. The van der Waals surface area contributed by atoms with E-state index in [0.29, 0.717) is 23.6 Å². The van der Waals surface area contributed by atoms with Crippen LogP contribution in [0, 0.1) is 0 Å². The molecule has 0 heterocycles. The number of alkyl halides is 3. The number of anilines is 1. The summed E-state index contributed by atoms with van der Waals surface area (Å²) >= 11 is 22.4. The molecule has 22 heavy (non-hydrogen) atoms. The maximum atomic E-state index is 10.6. The lowest BCUT2D eigenvalue weighted by molar-refractivity contribution is -0.110. The van der Waals surface area contributed by atoms with Gasteiger partial charge in [0.25, 0.3) is 0 Å². The molecule has 1 aromatic rings. The summed E-state index contributed by atoms with van der Waals surface area (Å²) in [6, 6.07) is 5.13. The normalized spacial score (nSPS) is 12.0. The minimum Gasteiger partial charge on any atom is -0.497 e. The van der Waals surface area contributed by atoms with Gasteiger partial charge >= 0.3 is 0 Å². The number of carbonyl (C=O) groups excluding carboxylic acids is 1. The van der Waals surface area contributed by atoms with Gasteiger partial charge in [0.2, 0.25) is 10.2 Å². The number of halogens is 3. The van der Waals surface area contributed by atoms with E-state index >= 15 is 0 Å². The molecule has 122 valence electrons. The molecule has 3 N–H and O–H groups in total. The number of nitrogens with one attached hydrogen (secondary N) is 3. The molecule has 1 amide bonds. The molecule has 0 aliphatic heterocycles. The molecule has 0 saturated heterocycles. The van der Waals surface area contributed by atoms with E-state index in [1.165, 1.54) is 14.2 Å². The largest absolute Gasteiger partial charge is 0.497 e. The fraction of sp³-hybridized carbons (Fsp3) is 0.333. The summed E-state index contributed by atoms with van der Waals surface area (Å²) in [5.41, 5.74) is 0.550. The van der Waals surface area contributed by atoms with Crippen molar-refractivity contribution < 1.29 is 14.3 Å². The first-order valence-corrected chi connectivity index (χ1v) is 7.42. The Hall–Kier alpha value is -1.15. The first-order valence-electron chi connectivity index (χ1n) is 5.87. The Bertz CT molecular complexity index is 540. The molecular formula is C12H14Cl3N3O3S. The lowest BCUT2D eigenvalue weighted by Crippen LogP contribution is -2.53. The van der Waals surface area contributed by atoms with Crippen molar-refractivity contribution in [2.75, 3.05) is 19.5 Å². The number of ether oxygens (including phenoxy) is 2. The summed E-state index contributed by atoms with van der Waals surface area (Å²) in [6.45, 7) is 0. The first kappa shape index (κ1) is 18.9. The molecule has 1 aromatic carbocycles. The molecule has 0 fully saturated rings. The molecule has 0 saturated carbocycles. The summed E-state index contributed by atoms with van der Waals surface area (Å²) in [7, 11) is 3.05. The summed E-state index contributed by atoms with van der Waals surface area (Å²) in [6.07, 6.45) is -0.611. The van der Waals surface area contributed by atoms with E-state index in [1.807, 2.05) is 0 Å². The van der Waals surface area contributed by atoms with Crippen LogP contribution >= 0.6 is 47.0 Å². The van der Waals surface area contributed by atoms with Gasteiger partial charge in [0.1, 0.15) is 17.7 Å². The molecule has 0 bridgehead atoms. The fourth-order valence-electron chi connectivity index (χ4n) is 1.49. The number of carbonyl (C=O) groups is 1. The Morgan fingerprint density at radius 1 is 1.32 bits per heavy atom. The molecule has 0 aromatic heterocycles. The van der Waals surface area contributed by atoms with Gasteiger partial charge in [-0.3, -0.25) is 4.79 Å². The minimum atomic E-state index is -1.79. The van der Waals surface area contributed by atoms with Crippen molar-refractivity contribution in [3.63, 3.8) is 0 Å². The van der Waals surface area contributed by atoms with Crippen molar-refractivity contribution in [3.8, 4) is 11.5 Å². The minimum absolute atomic E-state index is 0.122. The number of hydrogen-bond acceptors (Lipinski definition) is 4. The number of benzene rings is 1. The van der Waals surface area contributed by atoms with Gasteiger partial charge in [-0.2, -0.15) is 0 Å². The average Bonchev–Trinajstić information content (AvgIpc) is 2.45. The third-order valence-corrected chi connectivity index (χ3v) is 3.37. The van der Waals surface area contributed by atoms with E-state index in [0.717, 1.165) is 0 Å². The predicted molar refractivity (Wildman–Crippen MR) is 92.2 cm³/mol. The monoisotopic (exact) mass is 385 g/mol. The molecule has 0 aliphatic rings. The van der Waals surface area contributed by atoms with Crippen LogP contribution < -0.4 is 25.4 Å². The highest BCUT2D eigenvalue weighted by Crippen LogP contribution is 2.30. The molecule has 1 rings (SSSR count). The van der Waals surface area contributed by atoms with Crippen LogP contribution in [0.15, 0.2) is 18.2 Å². The Kier molecular flexibility index (Phi) is 7.28. The predicted octanol–water partition coefficient (Wildman–Crippen LogP) is 2.43. The Labute approximate surface area is 148 Å². The van der Waals surface area contributed by atoms with E-state index < -0.39 is 9.96 Å². The molecule has 0 aliphatic carbocycles. The topological polar surface area (TPSA) is 71.6 Å². The zero-order chi connectivity index (χ0) is 16.8. The molecule has 0 spiro atoms. The van der Waals surface area contributed by atoms with Gasteiger partial charge in [-0.15, -0.1) is 0 Å². The molecule has 0 radical (unpaired) electrons. The second-order valence-electron chi connectivity index (χ2n) is 3.92. The molecular weight excluding hydrogens is 373 g/mol. The fourth-order valence-corrected chi connectivity index (χ4v) is 2.07. The van der Waals surface area contributed by atoms with Gasteiger partial charge in [0.15, 0.2) is 5.11 Å². The highest BCUT2D eigenvalue weighted by atomic mass is 35.6. The summed E-state index contributed by atoms with van der Waals surface area (Å²) < 4.78 is 8.55. The van der Waals surface area contributed by atoms with Crippen LogP contribution in [0.25, 0.3) is 0 Å². The van der Waals surface area contributed by atoms with Crippen LogP contribution in [0.3, 0.4) is 0 Å². The zero-order valence-electron chi connectivity index (χ0n) is 11.7. The Morgan fingerprint density at radius 2 is 2.00 bits per heavy atom. The van der Waals surface area contributed by atoms with Crippen LogP contribution in [0.5, 0.6) is 11.5 Å². The SMILES string of the molecule is COc1ccc(OC)c(NC(=S)NC(NC=O)C(Cl)(Cl)Cl)c1. The van der Waals surface area contributed by atoms with Crippen LogP contribution in [-0.2, 0) is 4.79 Å². The van der Waals surface area contributed by atoms with E-state index in [1.54, 1.807) is 18.2 Å². The van der Waals surface area contributed by atoms with E-state index in [2.05, 4.69) is 16.0 Å². The van der Waals surface area contributed by atoms with E-state index in [-0.39, 0.29) is 5.11 Å². The van der Waals surface area contributed by atoms with Crippen LogP contribution in [0.4, 0.5) is 5.69 Å². The van der Waals surface area contributed by atoms with Crippen molar-refractivity contribution in [2.24, 2.45) is 0 Å². The molecule has 1 atom stereocenters. The Morgan fingerprint density at radius 3 is 2.50 bits per heavy atom. The van der Waals surface area contributed by atoms with Crippen molar-refractivity contribution in [1.29, 1.82) is 0 Å². The van der Waals surface area contributed by atoms with Gasteiger partial charge in [-0.05, 0) is 24.4 Å². The van der Waals surface area contributed by atoms with E-state index in [9.17, 15) is 4.79 Å². The number of hydrogen-bond donors (Lipinski definition) is 3. The summed E-state index contributed by atoms with van der Waals surface area (Å²) in [5.74, 6) is 1.15. The van der Waals surface area contributed by atoms with Gasteiger partial charge < -0.3 is 25.4 Å². The first-order chi connectivity index (χ1) is 10.3. The van der Waals surface area contributed by atoms with Crippen LogP contribution in [0.1, 0.15) is 0 Å². The standard InChI is InChI=1S/C12H14Cl3N3O3S/c1-20-7-3-4-9(21-2)8(5-7)17-11(22)18-10(16-6-19)12(13,14)15/h3-6,10H,1-2H3,(H,16,19)(H2,17,18,22). The van der Waals surface area contributed by atoms with Gasteiger partial charge in [-0.25, -0.2) is 0 Å². The van der Waals surface area contributed by atoms with Crippen LogP contribution in [0.2, 0.25) is 0 Å². The summed E-state index contributed by atoms with van der Waals surface area (Å²) in [4.78, 5) is 10.6. The van der Waals surface area contributed by atoms with Gasteiger partial charge in [0.05, 0.1) is 19.9 Å². The average molecular weight is 387 g/mol. The molecule has 10 heteroatoms. The quantitative estimate of drug-likeness (QED) is 0.302. The highest BCUT2D eigenvalue weighted by molar-refractivity contribution is 7.80. The van der Waals surface area contributed by atoms with Gasteiger partial charge in [-0.1, -0.05) is 34.8 Å². The third kappa shape index (κ3) is 5.57. The maximum Gasteiger partial charge on any atom is 0.228 e. The number of thiocarbonyl (C=S) groups is 1. The highest BCUT2D eigenvalue weighted by Gasteiger charge is 2.33. The lowest BCUT2D eigenvalue weighted by Gasteiger charge is -2.26. The number of amides is 1. The maximum absolute atomic E-state index is 10.6. The number of methoxy groups -OCH3 is 2. The smallest absolute Gasteiger partial charge is 0.228 e.